The molecule has 3 heteroatoms. The van der Waals surface area contributed by atoms with E-state index in [0.717, 1.165) is 38.6 Å². The van der Waals surface area contributed by atoms with E-state index in [-0.39, 0.29) is 0 Å². The van der Waals surface area contributed by atoms with Crippen molar-refractivity contribution in [3.8, 4) is 0 Å². The minimum absolute atomic E-state index is 0.734. The molecule has 1 aromatic heterocycles. The van der Waals surface area contributed by atoms with Crippen LogP contribution < -0.4 is 5.32 Å². The molecule has 0 atom stereocenters. The van der Waals surface area contributed by atoms with Gasteiger partial charge in [0, 0.05) is 39.1 Å². The number of aromatic nitrogens is 1. The second kappa shape index (κ2) is 7.47. The van der Waals surface area contributed by atoms with Crippen molar-refractivity contribution in [3.05, 3.63) is 24.0 Å². The molecule has 0 radical (unpaired) electrons. The van der Waals surface area contributed by atoms with Crippen LogP contribution in [0.1, 0.15) is 25.8 Å². The van der Waals surface area contributed by atoms with E-state index >= 15 is 0 Å². The lowest BCUT2D eigenvalue weighted by atomic mass is 10.1. The average Bonchev–Trinajstić information content (AvgIpc) is 2.62. The first kappa shape index (κ1) is 13.3. The third-order valence-corrected chi connectivity index (χ3v) is 2.49. The molecule has 3 nitrogen and oxygen atoms in total. The standard InChI is InChI=1S/C13H24N2O/c1-12(2)5-8-16-9-6-14-10-13-4-7-15(3)11-13/h4,7,11-12,14H,5-6,8-10H2,1-3H3. The lowest BCUT2D eigenvalue weighted by Gasteiger charge is -2.07. The first-order valence-electron chi connectivity index (χ1n) is 6.08. The Kier molecular flexibility index (Phi) is 6.19. The zero-order valence-corrected chi connectivity index (χ0v) is 10.7. The molecule has 1 aromatic rings. The number of rotatable bonds is 8. The topological polar surface area (TPSA) is 26.2 Å². The molecule has 1 heterocycles. The highest BCUT2D eigenvalue weighted by atomic mass is 16.5. The maximum Gasteiger partial charge on any atom is 0.0591 e. The Morgan fingerprint density at radius 2 is 2.19 bits per heavy atom. The van der Waals surface area contributed by atoms with Gasteiger partial charge >= 0.3 is 0 Å². The summed E-state index contributed by atoms with van der Waals surface area (Å²) < 4.78 is 7.59. The molecule has 0 aliphatic heterocycles. The molecule has 0 unspecified atom stereocenters. The molecule has 0 aliphatic carbocycles. The fourth-order valence-electron chi connectivity index (χ4n) is 1.46. The fraction of sp³-hybridized carbons (Fsp3) is 0.692. The molecule has 92 valence electrons. The first-order chi connectivity index (χ1) is 7.68. The fourth-order valence-corrected chi connectivity index (χ4v) is 1.46. The van der Waals surface area contributed by atoms with E-state index < -0.39 is 0 Å². The summed E-state index contributed by atoms with van der Waals surface area (Å²) >= 11 is 0. The number of hydrogen-bond donors (Lipinski definition) is 1. The summed E-state index contributed by atoms with van der Waals surface area (Å²) in [5.74, 6) is 0.734. The minimum Gasteiger partial charge on any atom is -0.380 e. The van der Waals surface area contributed by atoms with Crippen molar-refractivity contribution >= 4 is 0 Å². The molecule has 0 bridgehead atoms. The highest BCUT2D eigenvalue weighted by Gasteiger charge is 1.95. The Hall–Kier alpha value is -0.800. The zero-order chi connectivity index (χ0) is 11.8. The summed E-state index contributed by atoms with van der Waals surface area (Å²) in [6, 6.07) is 2.13. The average molecular weight is 224 g/mol. The van der Waals surface area contributed by atoms with Crippen LogP contribution in [0.5, 0.6) is 0 Å². The van der Waals surface area contributed by atoms with Crippen molar-refractivity contribution in [1.82, 2.24) is 9.88 Å². The van der Waals surface area contributed by atoms with Gasteiger partial charge in [0.05, 0.1) is 6.61 Å². The summed E-state index contributed by atoms with van der Waals surface area (Å²) in [4.78, 5) is 0. The molecule has 1 N–H and O–H groups in total. The van der Waals surface area contributed by atoms with Crippen molar-refractivity contribution in [2.75, 3.05) is 19.8 Å². The van der Waals surface area contributed by atoms with Gasteiger partial charge in [-0.05, 0) is 24.0 Å². The largest absolute Gasteiger partial charge is 0.380 e. The van der Waals surface area contributed by atoms with E-state index in [0.29, 0.717) is 0 Å². The van der Waals surface area contributed by atoms with Gasteiger partial charge in [-0.1, -0.05) is 13.8 Å². The number of nitrogens with one attached hydrogen (secondary N) is 1. The maximum absolute atomic E-state index is 5.52. The Morgan fingerprint density at radius 3 is 2.81 bits per heavy atom. The lowest BCUT2D eigenvalue weighted by molar-refractivity contribution is 0.125. The van der Waals surface area contributed by atoms with Crippen LogP contribution in [0.4, 0.5) is 0 Å². The van der Waals surface area contributed by atoms with E-state index in [1.165, 1.54) is 5.56 Å². The van der Waals surface area contributed by atoms with Gasteiger partial charge in [0.1, 0.15) is 0 Å². The van der Waals surface area contributed by atoms with Gasteiger partial charge in [0.15, 0.2) is 0 Å². The van der Waals surface area contributed by atoms with Crippen LogP contribution in [0, 0.1) is 5.92 Å². The summed E-state index contributed by atoms with van der Waals surface area (Å²) in [5, 5.41) is 3.36. The van der Waals surface area contributed by atoms with Crippen LogP contribution >= 0.6 is 0 Å². The van der Waals surface area contributed by atoms with Gasteiger partial charge in [0.25, 0.3) is 0 Å². The molecule has 0 spiro atoms. The number of ether oxygens (including phenoxy) is 1. The van der Waals surface area contributed by atoms with Crippen LogP contribution in [0.3, 0.4) is 0 Å². The van der Waals surface area contributed by atoms with Gasteiger partial charge in [-0.3, -0.25) is 0 Å². The smallest absolute Gasteiger partial charge is 0.0591 e. The van der Waals surface area contributed by atoms with Crippen LogP contribution in [0.15, 0.2) is 18.5 Å². The minimum atomic E-state index is 0.734. The molecule has 16 heavy (non-hydrogen) atoms. The second-order valence-electron chi connectivity index (χ2n) is 4.66. The predicted octanol–water partition coefficient (Wildman–Crippen LogP) is 2.18. The Balaban J connectivity index is 1.92. The van der Waals surface area contributed by atoms with Crippen molar-refractivity contribution in [2.24, 2.45) is 13.0 Å². The molecule has 0 saturated heterocycles. The predicted molar refractivity (Wildman–Crippen MR) is 67.4 cm³/mol. The molecule has 0 fully saturated rings. The maximum atomic E-state index is 5.52. The lowest BCUT2D eigenvalue weighted by Crippen LogP contribution is -2.19. The van der Waals surface area contributed by atoms with Crippen LogP contribution in [-0.2, 0) is 18.3 Å². The van der Waals surface area contributed by atoms with Gasteiger partial charge in [-0.2, -0.15) is 0 Å². The summed E-state index contributed by atoms with van der Waals surface area (Å²) in [6.07, 6.45) is 5.35. The first-order valence-corrected chi connectivity index (χ1v) is 6.08. The van der Waals surface area contributed by atoms with Crippen LogP contribution in [-0.4, -0.2) is 24.3 Å². The molecule has 0 amide bonds. The van der Waals surface area contributed by atoms with E-state index in [2.05, 4.69) is 42.2 Å². The summed E-state index contributed by atoms with van der Waals surface area (Å²) in [5.41, 5.74) is 1.32. The third kappa shape index (κ3) is 5.93. The quantitative estimate of drug-likeness (QED) is 0.685. The third-order valence-electron chi connectivity index (χ3n) is 2.49. The number of aryl methyl sites for hydroxylation is 1. The van der Waals surface area contributed by atoms with Crippen molar-refractivity contribution < 1.29 is 4.74 Å². The monoisotopic (exact) mass is 224 g/mol. The van der Waals surface area contributed by atoms with E-state index in [1.807, 2.05) is 7.05 Å². The highest BCUT2D eigenvalue weighted by molar-refractivity contribution is 5.09. The molecule has 0 aromatic carbocycles. The highest BCUT2D eigenvalue weighted by Crippen LogP contribution is 1.99. The van der Waals surface area contributed by atoms with Crippen LogP contribution in [0.2, 0.25) is 0 Å². The van der Waals surface area contributed by atoms with Gasteiger partial charge < -0.3 is 14.6 Å². The molecule has 0 saturated carbocycles. The van der Waals surface area contributed by atoms with Crippen molar-refractivity contribution in [2.45, 2.75) is 26.8 Å². The van der Waals surface area contributed by atoms with E-state index in [9.17, 15) is 0 Å². The Morgan fingerprint density at radius 1 is 1.38 bits per heavy atom. The number of nitrogens with zero attached hydrogens (tertiary/aromatic N) is 1. The molecular weight excluding hydrogens is 200 g/mol. The SMILES string of the molecule is CC(C)CCOCCNCc1ccn(C)c1. The zero-order valence-electron chi connectivity index (χ0n) is 10.7. The number of hydrogen-bond acceptors (Lipinski definition) is 2. The van der Waals surface area contributed by atoms with E-state index in [4.69, 9.17) is 4.74 Å². The molecule has 0 aliphatic rings. The summed E-state index contributed by atoms with van der Waals surface area (Å²) in [7, 11) is 2.04. The van der Waals surface area contributed by atoms with Crippen molar-refractivity contribution in [1.29, 1.82) is 0 Å². The molecular formula is C13H24N2O. The van der Waals surface area contributed by atoms with Gasteiger partial charge in [0.2, 0.25) is 0 Å². The Bertz CT molecular complexity index is 281. The van der Waals surface area contributed by atoms with Gasteiger partial charge in [-0.25, -0.2) is 0 Å². The second-order valence-corrected chi connectivity index (χ2v) is 4.66. The normalized spacial score (nSPS) is 11.2. The molecule has 1 rings (SSSR count). The Labute approximate surface area is 98.8 Å². The summed E-state index contributed by atoms with van der Waals surface area (Å²) in [6.45, 7) is 7.97. The van der Waals surface area contributed by atoms with E-state index in [1.54, 1.807) is 0 Å². The van der Waals surface area contributed by atoms with Crippen LogP contribution in [0.25, 0.3) is 0 Å². The van der Waals surface area contributed by atoms with Gasteiger partial charge in [-0.15, -0.1) is 0 Å². The van der Waals surface area contributed by atoms with Crippen molar-refractivity contribution in [3.63, 3.8) is 0 Å².